The summed E-state index contributed by atoms with van der Waals surface area (Å²) in [6, 6.07) is 11.6. The quantitative estimate of drug-likeness (QED) is 0.739. The van der Waals surface area contributed by atoms with E-state index in [1.54, 1.807) is 24.3 Å². The molecule has 1 amide bonds. The number of amides is 1. The average molecular weight is 354 g/mol. The number of halogens is 1. The monoisotopic (exact) mass is 354 g/mol. The molecule has 0 spiro atoms. The van der Waals surface area contributed by atoms with Crippen molar-refractivity contribution < 1.29 is 9.18 Å². The highest BCUT2D eigenvalue weighted by Crippen LogP contribution is 2.37. The largest absolute Gasteiger partial charge is 0.360 e. The molecule has 1 aliphatic heterocycles. The van der Waals surface area contributed by atoms with Gasteiger partial charge in [0.25, 0.3) is 5.91 Å². The van der Waals surface area contributed by atoms with E-state index in [2.05, 4.69) is 10.3 Å². The first-order valence-electron chi connectivity index (χ1n) is 7.97. The Labute approximate surface area is 147 Å². The summed E-state index contributed by atoms with van der Waals surface area (Å²) < 4.78 is 14.0. The molecular formula is C19H15FN2O2S. The minimum Gasteiger partial charge on any atom is -0.360 e. The molecule has 1 aromatic heterocycles. The molecule has 0 saturated heterocycles. The second-order valence-electron chi connectivity index (χ2n) is 5.90. The lowest BCUT2D eigenvalue weighted by molar-refractivity contribution is 0.0933. The maximum absolute atomic E-state index is 14.0. The Hall–Kier alpha value is -2.60. The number of thioether (sulfide) groups is 1. The van der Waals surface area contributed by atoms with E-state index >= 15 is 0 Å². The van der Waals surface area contributed by atoms with Gasteiger partial charge in [0.2, 0.25) is 5.43 Å². The van der Waals surface area contributed by atoms with Crippen molar-refractivity contribution in [1.29, 1.82) is 0 Å². The Morgan fingerprint density at radius 2 is 2.04 bits per heavy atom. The number of carbonyl (C=O) groups is 1. The standard InChI is InChI=1S/C19H15FN2O2S/c20-14-6-3-5-12-16(8-9-25-18(12)14)22-19(24)13-10-21-15-7-2-1-4-11(15)17(13)23/h1-7,10,16H,8-9H2,(H,21,23)(H,22,24). The molecule has 4 rings (SSSR count). The molecule has 0 aliphatic carbocycles. The number of para-hydroxylation sites is 1. The van der Waals surface area contributed by atoms with E-state index in [0.717, 1.165) is 5.56 Å². The Kier molecular flexibility index (Phi) is 4.05. The number of benzene rings is 2. The van der Waals surface area contributed by atoms with Gasteiger partial charge in [-0.2, -0.15) is 0 Å². The van der Waals surface area contributed by atoms with Crippen LogP contribution in [-0.2, 0) is 0 Å². The van der Waals surface area contributed by atoms with E-state index in [0.29, 0.717) is 28.0 Å². The first kappa shape index (κ1) is 15.9. The molecule has 0 saturated carbocycles. The molecule has 3 aromatic rings. The zero-order valence-electron chi connectivity index (χ0n) is 13.2. The van der Waals surface area contributed by atoms with Crippen LogP contribution in [0, 0.1) is 5.82 Å². The van der Waals surface area contributed by atoms with Crippen molar-refractivity contribution in [2.75, 3.05) is 5.75 Å². The number of hydrogen-bond donors (Lipinski definition) is 2. The molecule has 6 heteroatoms. The summed E-state index contributed by atoms with van der Waals surface area (Å²) in [4.78, 5) is 28.8. The van der Waals surface area contributed by atoms with Gasteiger partial charge in [0.1, 0.15) is 11.4 Å². The van der Waals surface area contributed by atoms with Gasteiger partial charge >= 0.3 is 0 Å². The maximum Gasteiger partial charge on any atom is 0.257 e. The van der Waals surface area contributed by atoms with Crippen molar-refractivity contribution in [3.8, 4) is 0 Å². The molecule has 2 N–H and O–H groups in total. The summed E-state index contributed by atoms with van der Waals surface area (Å²) in [5, 5.41) is 3.36. The zero-order valence-corrected chi connectivity index (χ0v) is 14.0. The Morgan fingerprint density at radius 3 is 2.92 bits per heavy atom. The summed E-state index contributed by atoms with van der Waals surface area (Å²) in [7, 11) is 0. The smallest absolute Gasteiger partial charge is 0.257 e. The van der Waals surface area contributed by atoms with Gasteiger partial charge in [0.05, 0.1) is 6.04 Å². The van der Waals surface area contributed by atoms with Gasteiger partial charge in [-0.15, -0.1) is 11.8 Å². The number of H-pyrrole nitrogens is 1. The van der Waals surface area contributed by atoms with Gasteiger partial charge in [-0.25, -0.2) is 4.39 Å². The predicted octanol–water partition coefficient (Wildman–Crippen LogP) is 3.63. The van der Waals surface area contributed by atoms with E-state index in [1.165, 1.54) is 24.0 Å². The van der Waals surface area contributed by atoms with E-state index in [1.807, 2.05) is 12.1 Å². The SMILES string of the molecule is O=C(NC1CCSc2c(F)cccc21)c1c[nH]c2ccccc2c1=O. The highest BCUT2D eigenvalue weighted by molar-refractivity contribution is 7.99. The second-order valence-corrected chi connectivity index (χ2v) is 7.00. The Morgan fingerprint density at radius 1 is 1.20 bits per heavy atom. The highest BCUT2D eigenvalue weighted by Gasteiger charge is 2.25. The number of carbonyl (C=O) groups excluding carboxylic acids is 1. The molecule has 25 heavy (non-hydrogen) atoms. The fourth-order valence-corrected chi connectivity index (χ4v) is 4.25. The van der Waals surface area contributed by atoms with Crippen LogP contribution < -0.4 is 10.7 Å². The predicted molar refractivity (Wildman–Crippen MR) is 96.5 cm³/mol. The van der Waals surface area contributed by atoms with Gasteiger partial charge in [-0.1, -0.05) is 24.3 Å². The van der Waals surface area contributed by atoms with Crippen molar-refractivity contribution in [3.05, 3.63) is 75.8 Å². The minimum atomic E-state index is -0.445. The van der Waals surface area contributed by atoms with Crippen LogP contribution in [0.3, 0.4) is 0 Å². The normalized spacial score (nSPS) is 16.4. The topological polar surface area (TPSA) is 62.0 Å². The number of aromatic nitrogens is 1. The van der Waals surface area contributed by atoms with Crippen molar-refractivity contribution >= 4 is 28.6 Å². The van der Waals surface area contributed by atoms with Gasteiger partial charge in [-0.3, -0.25) is 9.59 Å². The van der Waals surface area contributed by atoms with Crippen LogP contribution in [0.1, 0.15) is 28.4 Å². The lowest BCUT2D eigenvalue weighted by atomic mass is 10.0. The van der Waals surface area contributed by atoms with E-state index < -0.39 is 5.91 Å². The number of nitrogens with one attached hydrogen (secondary N) is 2. The lowest BCUT2D eigenvalue weighted by Gasteiger charge is -2.26. The van der Waals surface area contributed by atoms with Crippen LogP contribution in [0.4, 0.5) is 4.39 Å². The van der Waals surface area contributed by atoms with Crippen LogP contribution in [-0.4, -0.2) is 16.6 Å². The van der Waals surface area contributed by atoms with Crippen LogP contribution in [0.15, 0.2) is 58.4 Å². The lowest BCUT2D eigenvalue weighted by Crippen LogP contribution is -2.34. The molecule has 1 atom stereocenters. The van der Waals surface area contributed by atoms with Crippen LogP contribution in [0.2, 0.25) is 0 Å². The van der Waals surface area contributed by atoms with Crippen molar-refractivity contribution in [3.63, 3.8) is 0 Å². The van der Waals surface area contributed by atoms with Crippen molar-refractivity contribution in [2.45, 2.75) is 17.4 Å². The van der Waals surface area contributed by atoms with Gasteiger partial charge in [0.15, 0.2) is 0 Å². The summed E-state index contributed by atoms with van der Waals surface area (Å²) >= 11 is 1.45. The molecule has 1 unspecified atom stereocenters. The number of hydrogen-bond acceptors (Lipinski definition) is 3. The first-order chi connectivity index (χ1) is 12.1. The Bertz CT molecular complexity index is 1030. The number of aromatic amines is 1. The molecule has 2 heterocycles. The molecule has 2 aromatic carbocycles. The third-order valence-electron chi connectivity index (χ3n) is 4.36. The Balaban J connectivity index is 1.67. The first-order valence-corrected chi connectivity index (χ1v) is 8.96. The molecular weight excluding hydrogens is 339 g/mol. The van der Waals surface area contributed by atoms with Gasteiger partial charge < -0.3 is 10.3 Å². The average Bonchev–Trinajstić information content (AvgIpc) is 2.63. The summed E-state index contributed by atoms with van der Waals surface area (Å²) in [5.41, 5.74) is 1.21. The van der Waals surface area contributed by atoms with Gasteiger partial charge in [0, 0.05) is 27.7 Å². The number of fused-ring (bicyclic) bond motifs is 2. The van der Waals surface area contributed by atoms with Crippen LogP contribution >= 0.6 is 11.8 Å². The molecule has 0 radical (unpaired) electrons. The summed E-state index contributed by atoms with van der Waals surface area (Å²) in [6.45, 7) is 0. The molecule has 126 valence electrons. The molecule has 0 fully saturated rings. The van der Waals surface area contributed by atoms with Crippen LogP contribution in [0.5, 0.6) is 0 Å². The van der Waals surface area contributed by atoms with Gasteiger partial charge in [-0.05, 0) is 30.2 Å². The highest BCUT2D eigenvalue weighted by atomic mass is 32.2. The van der Waals surface area contributed by atoms with E-state index in [-0.39, 0.29) is 22.9 Å². The minimum absolute atomic E-state index is 0.0647. The second kappa shape index (κ2) is 6.37. The number of rotatable bonds is 2. The summed E-state index contributed by atoms with van der Waals surface area (Å²) in [5.74, 6) is -0.00318. The van der Waals surface area contributed by atoms with E-state index in [9.17, 15) is 14.0 Å². The van der Waals surface area contributed by atoms with E-state index in [4.69, 9.17) is 0 Å². The maximum atomic E-state index is 14.0. The third kappa shape index (κ3) is 2.82. The number of pyridine rings is 1. The summed E-state index contributed by atoms with van der Waals surface area (Å²) in [6.07, 6.45) is 2.13. The molecule has 0 bridgehead atoms. The third-order valence-corrected chi connectivity index (χ3v) is 5.52. The fraction of sp³-hybridized carbons (Fsp3) is 0.158. The molecule has 4 nitrogen and oxygen atoms in total. The van der Waals surface area contributed by atoms with Crippen LogP contribution in [0.25, 0.3) is 10.9 Å². The van der Waals surface area contributed by atoms with Crippen molar-refractivity contribution in [2.24, 2.45) is 0 Å². The zero-order chi connectivity index (χ0) is 17.4. The van der Waals surface area contributed by atoms with Crippen molar-refractivity contribution in [1.82, 2.24) is 10.3 Å². The fourth-order valence-electron chi connectivity index (χ4n) is 3.11. The molecule has 1 aliphatic rings.